The summed E-state index contributed by atoms with van der Waals surface area (Å²) in [6.45, 7) is 13.5. The molecule has 0 spiro atoms. The molecule has 2 N–H and O–H groups in total. The fourth-order valence-corrected chi connectivity index (χ4v) is 3.19. The van der Waals surface area contributed by atoms with E-state index in [-0.39, 0.29) is 11.5 Å². The predicted octanol–water partition coefficient (Wildman–Crippen LogP) is 7.48. The molecule has 2 aromatic carbocycles. The number of phenols is 2. The van der Waals surface area contributed by atoms with Crippen LogP contribution in [-0.2, 0) is 0 Å². The molecule has 0 aromatic heterocycles. The molecule has 0 aliphatic heterocycles. The van der Waals surface area contributed by atoms with Crippen LogP contribution in [-0.4, -0.2) is 10.2 Å². The third kappa shape index (κ3) is 5.87. The van der Waals surface area contributed by atoms with Crippen molar-refractivity contribution >= 4 is 5.57 Å². The van der Waals surface area contributed by atoms with Crippen molar-refractivity contribution < 1.29 is 10.2 Å². The molecular formula is C28H30O2. The summed E-state index contributed by atoms with van der Waals surface area (Å²) in [6.07, 6.45) is 7.59. The van der Waals surface area contributed by atoms with Gasteiger partial charge in [-0.1, -0.05) is 63.4 Å². The summed E-state index contributed by atoms with van der Waals surface area (Å²) < 4.78 is 0. The molecule has 2 heteroatoms. The van der Waals surface area contributed by atoms with Crippen LogP contribution in [0.5, 0.6) is 11.5 Å². The molecule has 2 aliphatic rings. The molecule has 0 atom stereocenters. The Morgan fingerprint density at radius 3 is 1.57 bits per heavy atom. The molecule has 30 heavy (non-hydrogen) atoms. The second-order valence-corrected chi connectivity index (χ2v) is 7.93. The molecule has 2 saturated carbocycles. The largest absolute Gasteiger partial charge is 0.508 e. The van der Waals surface area contributed by atoms with Gasteiger partial charge in [0, 0.05) is 0 Å². The Morgan fingerprint density at radius 1 is 0.800 bits per heavy atom. The molecular weight excluding hydrogens is 368 g/mol. The van der Waals surface area contributed by atoms with E-state index >= 15 is 0 Å². The van der Waals surface area contributed by atoms with Crippen LogP contribution in [0.2, 0.25) is 0 Å². The first-order valence-corrected chi connectivity index (χ1v) is 10.5. The van der Waals surface area contributed by atoms with Gasteiger partial charge in [-0.05, 0) is 94.5 Å². The molecule has 154 valence electrons. The van der Waals surface area contributed by atoms with Crippen LogP contribution >= 0.6 is 0 Å². The fraction of sp³-hybridized carbons (Fsp3) is 0.214. The monoisotopic (exact) mass is 398 g/mol. The van der Waals surface area contributed by atoms with Crippen molar-refractivity contribution in [3.8, 4) is 11.5 Å². The molecule has 0 bridgehead atoms. The van der Waals surface area contributed by atoms with Crippen LogP contribution in [0.3, 0.4) is 0 Å². The van der Waals surface area contributed by atoms with E-state index in [0.717, 1.165) is 48.8 Å². The van der Waals surface area contributed by atoms with E-state index in [1.54, 1.807) is 24.3 Å². The van der Waals surface area contributed by atoms with Crippen LogP contribution in [0.25, 0.3) is 5.57 Å². The Labute approximate surface area is 179 Å². The third-order valence-electron chi connectivity index (χ3n) is 5.32. The van der Waals surface area contributed by atoms with Crippen LogP contribution in [0.15, 0.2) is 102 Å². The standard InChI is InChI=1S/C23H24O2.C5H6/c1-3-4-5-19(15-20-14-16(20)2)23(17-6-10-21(24)11-7-17)18-8-12-22(25)13-9-18;1-4-3-5(4)2/h6-13,15,24-25H,2-5,14H2,1H3;1-3H2/b20-15+;. The fourth-order valence-electron chi connectivity index (χ4n) is 3.19. The maximum absolute atomic E-state index is 9.64. The molecule has 2 fully saturated rings. The summed E-state index contributed by atoms with van der Waals surface area (Å²) in [7, 11) is 0. The number of phenolic OH excluding ortho intramolecular Hbond substituents is 2. The van der Waals surface area contributed by atoms with Crippen molar-refractivity contribution in [3.63, 3.8) is 0 Å². The van der Waals surface area contributed by atoms with Crippen molar-refractivity contribution in [2.24, 2.45) is 0 Å². The summed E-state index contributed by atoms with van der Waals surface area (Å²) in [6, 6.07) is 14.7. The van der Waals surface area contributed by atoms with Gasteiger partial charge in [0.1, 0.15) is 11.5 Å². The average molecular weight is 399 g/mol. The van der Waals surface area contributed by atoms with E-state index in [0.29, 0.717) is 0 Å². The minimum absolute atomic E-state index is 0.262. The number of aromatic hydroxyl groups is 2. The highest BCUT2D eigenvalue weighted by Crippen LogP contribution is 2.39. The maximum atomic E-state index is 9.64. The van der Waals surface area contributed by atoms with E-state index in [1.165, 1.54) is 27.9 Å². The van der Waals surface area contributed by atoms with Gasteiger partial charge in [0.2, 0.25) is 0 Å². The lowest BCUT2D eigenvalue weighted by Gasteiger charge is -2.15. The number of hydrogen-bond donors (Lipinski definition) is 2. The SMILES string of the molecule is C=C1C/C1=C\C(CCCC)=C(c1ccc(O)cc1)c1ccc(O)cc1.C=C1CC1=C. The zero-order valence-electron chi connectivity index (χ0n) is 17.7. The Balaban J connectivity index is 0.000000448. The lowest BCUT2D eigenvalue weighted by atomic mass is 9.90. The Hall–Kier alpha value is -3.26. The first kappa shape index (κ1) is 21.4. The van der Waals surface area contributed by atoms with Crippen molar-refractivity contribution in [1.82, 2.24) is 0 Å². The van der Waals surface area contributed by atoms with Gasteiger partial charge in [-0.2, -0.15) is 0 Å². The van der Waals surface area contributed by atoms with Crippen LogP contribution in [0.4, 0.5) is 0 Å². The second-order valence-electron chi connectivity index (χ2n) is 7.93. The number of unbranched alkanes of at least 4 members (excludes halogenated alkanes) is 1. The highest BCUT2D eigenvalue weighted by Gasteiger charge is 2.20. The zero-order valence-corrected chi connectivity index (χ0v) is 17.7. The zero-order chi connectivity index (χ0) is 21.7. The van der Waals surface area contributed by atoms with Gasteiger partial charge in [0.15, 0.2) is 0 Å². The minimum atomic E-state index is 0.262. The maximum Gasteiger partial charge on any atom is 0.115 e. The molecule has 0 amide bonds. The van der Waals surface area contributed by atoms with E-state index in [2.05, 4.69) is 32.7 Å². The Morgan fingerprint density at radius 2 is 1.23 bits per heavy atom. The van der Waals surface area contributed by atoms with Crippen molar-refractivity contribution in [1.29, 1.82) is 0 Å². The Bertz CT molecular complexity index is 956. The normalized spacial score (nSPS) is 15.5. The molecule has 2 aliphatic carbocycles. The Kier molecular flexibility index (Phi) is 6.79. The minimum Gasteiger partial charge on any atom is -0.508 e. The highest BCUT2D eigenvalue weighted by atomic mass is 16.3. The van der Waals surface area contributed by atoms with Gasteiger partial charge >= 0.3 is 0 Å². The van der Waals surface area contributed by atoms with Gasteiger partial charge in [0.05, 0.1) is 0 Å². The van der Waals surface area contributed by atoms with Crippen molar-refractivity contribution in [3.05, 3.63) is 113 Å². The lowest BCUT2D eigenvalue weighted by molar-refractivity contribution is 0.475. The van der Waals surface area contributed by atoms with Gasteiger partial charge in [0.25, 0.3) is 0 Å². The summed E-state index contributed by atoms with van der Waals surface area (Å²) in [5.41, 5.74) is 9.56. The summed E-state index contributed by atoms with van der Waals surface area (Å²) in [5.74, 6) is 0.524. The molecule has 2 aromatic rings. The molecule has 0 unspecified atom stereocenters. The first-order valence-electron chi connectivity index (χ1n) is 10.5. The van der Waals surface area contributed by atoms with Crippen LogP contribution in [0.1, 0.15) is 50.2 Å². The van der Waals surface area contributed by atoms with E-state index < -0.39 is 0 Å². The summed E-state index contributed by atoms with van der Waals surface area (Å²) in [4.78, 5) is 0. The molecule has 0 heterocycles. The van der Waals surface area contributed by atoms with Crippen molar-refractivity contribution in [2.45, 2.75) is 39.0 Å². The number of hydrogen-bond acceptors (Lipinski definition) is 2. The van der Waals surface area contributed by atoms with E-state index in [1.807, 2.05) is 24.3 Å². The van der Waals surface area contributed by atoms with Gasteiger partial charge in [-0.3, -0.25) is 0 Å². The summed E-state index contributed by atoms with van der Waals surface area (Å²) >= 11 is 0. The lowest BCUT2D eigenvalue weighted by Crippen LogP contribution is -1.94. The predicted molar refractivity (Wildman–Crippen MR) is 126 cm³/mol. The third-order valence-corrected chi connectivity index (χ3v) is 5.32. The van der Waals surface area contributed by atoms with Gasteiger partial charge in [-0.15, -0.1) is 0 Å². The number of benzene rings is 2. The van der Waals surface area contributed by atoms with Gasteiger partial charge in [-0.25, -0.2) is 0 Å². The topological polar surface area (TPSA) is 40.5 Å². The van der Waals surface area contributed by atoms with E-state index in [9.17, 15) is 10.2 Å². The second kappa shape index (κ2) is 9.49. The van der Waals surface area contributed by atoms with Crippen molar-refractivity contribution in [2.75, 3.05) is 0 Å². The van der Waals surface area contributed by atoms with Gasteiger partial charge < -0.3 is 10.2 Å². The highest BCUT2D eigenvalue weighted by molar-refractivity contribution is 5.84. The van der Waals surface area contributed by atoms with Crippen LogP contribution < -0.4 is 0 Å². The molecule has 4 rings (SSSR count). The molecule has 0 radical (unpaired) electrons. The molecule has 0 saturated heterocycles. The smallest absolute Gasteiger partial charge is 0.115 e. The number of rotatable bonds is 6. The van der Waals surface area contributed by atoms with E-state index in [4.69, 9.17) is 0 Å². The quantitative estimate of drug-likeness (QED) is 0.529. The van der Waals surface area contributed by atoms with Crippen LogP contribution in [0, 0.1) is 0 Å². The first-order chi connectivity index (χ1) is 14.4. The number of allylic oxidation sites excluding steroid dienone is 6. The molecule has 2 nitrogen and oxygen atoms in total. The average Bonchev–Trinajstić information content (AvgIpc) is 3.61. The summed E-state index contributed by atoms with van der Waals surface area (Å²) in [5, 5.41) is 19.3.